The van der Waals surface area contributed by atoms with Gasteiger partial charge in [0.1, 0.15) is 0 Å². The third-order valence-corrected chi connectivity index (χ3v) is 6.34. The molecule has 0 spiro atoms. The Bertz CT molecular complexity index is 472. The molecule has 23 heavy (non-hydrogen) atoms. The van der Waals surface area contributed by atoms with Crippen LogP contribution in [-0.2, 0) is 14.6 Å². The van der Waals surface area contributed by atoms with E-state index in [9.17, 15) is 13.2 Å². The summed E-state index contributed by atoms with van der Waals surface area (Å²) >= 11 is 0. The van der Waals surface area contributed by atoms with E-state index in [0.29, 0.717) is 26.2 Å². The monoisotopic (exact) mass is 389 g/mol. The second-order valence-corrected chi connectivity index (χ2v) is 8.89. The molecule has 1 heterocycles. The van der Waals surface area contributed by atoms with Gasteiger partial charge in [-0.3, -0.25) is 9.69 Å². The first-order valence-electron chi connectivity index (χ1n) is 7.79. The van der Waals surface area contributed by atoms with Gasteiger partial charge in [-0.15, -0.1) is 24.8 Å². The van der Waals surface area contributed by atoms with E-state index >= 15 is 0 Å². The van der Waals surface area contributed by atoms with E-state index in [1.54, 1.807) is 0 Å². The van der Waals surface area contributed by atoms with Crippen molar-refractivity contribution in [1.82, 2.24) is 10.2 Å². The average Bonchev–Trinajstić information content (AvgIpc) is 2.40. The number of nitrogens with zero attached hydrogens (tertiary/aromatic N) is 1. The number of hydrogen-bond donors (Lipinski definition) is 2. The zero-order valence-electron chi connectivity index (χ0n) is 13.6. The van der Waals surface area contributed by atoms with Crippen molar-refractivity contribution in [3.05, 3.63) is 0 Å². The van der Waals surface area contributed by atoms with Crippen molar-refractivity contribution < 1.29 is 13.2 Å². The molecule has 1 saturated heterocycles. The predicted molar refractivity (Wildman–Crippen MR) is 97.1 cm³/mol. The van der Waals surface area contributed by atoms with E-state index < -0.39 is 15.4 Å². The number of hydrogen-bond acceptors (Lipinski definition) is 5. The summed E-state index contributed by atoms with van der Waals surface area (Å²) in [6, 6.07) is 0. The molecule has 0 radical (unpaired) electrons. The zero-order valence-corrected chi connectivity index (χ0v) is 16.1. The minimum Gasteiger partial charge on any atom is -0.355 e. The Hall–Kier alpha value is -0.0800. The lowest BCUT2D eigenvalue weighted by Gasteiger charge is -2.37. The number of carbonyl (C=O) groups excluding carboxylic acids is 1. The zero-order chi connectivity index (χ0) is 15.5. The van der Waals surface area contributed by atoms with Crippen LogP contribution in [0.1, 0.15) is 32.6 Å². The first kappa shape index (κ1) is 22.9. The number of amides is 1. The van der Waals surface area contributed by atoms with E-state index in [-0.39, 0.29) is 48.1 Å². The van der Waals surface area contributed by atoms with Gasteiger partial charge in [0.2, 0.25) is 5.91 Å². The molecule has 2 aliphatic rings. The van der Waals surface area contributed by atoms with Crippen molar-refractivity contribution in [2.24, 2.45) is 11.7 Å². The number of sulfone groups is 1. The highest BCUT2D eigenvalue weighted by atomic mass is 35.5. The van der Waals surface area contributed by atoms with Crippen LogP contribution in [0.15, 0.2) is 0 Å². The van der Waals surface area contributed by atoms with Crippen molar-refractivity contribution in [1.29, 1.82) is 0 Å². The summed E-state index contributed by atoms with van der Waals surface area (Å²) in [7, 11) is -2.84. The molecule has 1 aliphatic heterocycles. The Morgan fingerprint density at radius 2 is 1.87 bits per heavy atom. The molecule has 138 valence electrons. The first-order chi connectivity index (χ1) is 9.80. The number of rotatable bonds is 4. The summed E-state index contributed by atoms with van der Waals surface area (Å²) in [5, 5.41) is 2.97. The molecule has 0 aromatic rings. The highest BCUT2D eigenvalue weighted by Crippen LogP contribution is 2.31. The third kappa shape index (κ3) is 6.74. The van der Waals surface area contributed by atoms with Gasteiger partial charge in [-0.05, 0) is 19.8 Å². The number of halogens is 2. The van der Waals surface area contributed by atoms with Crippen molar-refractivity contribution in [2.75, 3.05) is 37.7 Å². The molecule has 9 heteroatoms. The van der Waals surface area contributed by atoms with E-state index in [2.05, 4.69) is 10.2 Å². The molecule has 2 unspecified atom stereocenters. The average molecular weight is 390 g/mol. The molecule has 6 nitrogen and oxygen atoms in total. The minimum absolute atomic E-state index is 0. The molecule has 1 amide bonds. The molecule has 2 atom stereocenters. The van der Waals surface area contributed by atoms with Gasteiger partial charge < -0.3 is 11.1 Å². The van der Waals surface area contributed by atoms with E-state index in [1.807, 2.05) is 6.92 Å². The number of carbonyl (C=O) groups is 1. The minimum atomic E-state index is -2.84. The summed E-state index contributed by atoms with van der Waals surface area (Å²) in [5.41, 5.74) is 5.83. The summed E-state index contributed by atoms with van der Waals surface area (Å²) in [5.74, 6) is 0.395. The summed E-state index contributed by atoms with van der Waals surface area (Å²) in [6.45, 7) is 4.36. The van der Waals surface area contributed by atoms with Crippen LogP contribution in [0.25, 0.3) is 0 Å². The van der Waals surface area contributed by atoms with Crippen molar-refractivity contribution >= 4 is 40.6 Å². The van der Waals surface area contributed by atoms with Crippen LogP contribution in [0, 0.1) is 5.92 Å². The second kappa shape index (κ2) is 9.42. The molecule has 0 aromatic heterocycles. The van der Waals surface area contributed by atoms with Gasteiger partial charge in [-0.25, -0.2) is 8.42 Å². The molecule has 3 N–H and O–H groups in total. The summed E-state index contributed by atoms with van der Waals surface area (Å²) in [6.07, 6.45) is 3.92. The Balaban J connectivity index is 0.00000242. The van der Waals surface area contributed by atoms with Gasteiger partial charge in [-0.2, -0.15) is 0 Å². The van der Waals surface area contributed by atoms with Crippen molar-refractivity contribution in [3.8, 4) is 0 Å². The molecular weight excluding hydrogens is 361 g/mol. The summed E-state index contributed by atoms with van der Waals surface area (Å²) < 4.78 is 22.7. The van der Waals surface area contributed by atoms with Crippen molar-refractivity contribution in [3.63, 3.8) is 0 Å². The first-order valence-corrected chi connectivity index (χ1v) is 9.62. The van der Waals surface area contributed by atoms with Gasteiger partial charge >= 0.3 is 0 Å². The van der Waals surface area contributed by atoms with Gasteiger partial charge in [0.05, 0.1) is 17.4 Å². The smallest absolute Gasteiger partial charge is 0.225 e. The lowest BCUT2D eigenvalue weighted by molar-refractivity contribution is -0.128. The fraction of sp³-hybridized carbons (Fsp3) is 0.929. The van der Waals surface area contributed by atoms with Crippen LogP contribution in [0.2, 0.25) is 0 Å². The van der Waals surface area contributed by atoms with E-state index in [0.717, 1.165) is 25.7 Å². The molecule has 2 rings (SSSR count). The normalized spacial score (nSPS) is 30.6. The van der Waals surface area contributed by atoms with Crippen LogP contribution in [0.3, 0.4) is 0 Å². The second-order valence-electron chi connectivity index (χ2n) is 6.59. The standard InChI is InChI=1S/C14H27N3O3S.2ClH/c1-14(15)5-3-2-4-12(14)13(18)16-6-7-17-8-10-21(19,20)11-9-17;;/h12H,2-11,15H2,1H3,(H,16,18);2*1H. The maximum atomic E-state index is 12.3. The predicted octanol–water partition coefficient (Wildman–Crippen LogP) is 0.584. The molecule has 0 bridgehead atoms. The van der Waals surface area contributed by atoms with Gasteiger partial charge in [0, 0.05) is 31.7 Å². The van der Waals surface area contributed by atoms with Gasteiger partial charge in [-0.1, -0.05) is 12.8 Å². The third-order valence-electron chi connectivity index (χ3n) is 4.74. The number of nitrogens with one attached hydrogen (secondary N) is 1. The van der Waals surface area contributed by atoms with E-state index in [4.69, 9.17) is 5.73 Å². The quantitative estimate of drug-likeness (QED) is 0.733. The molecular formula is C14H29Cl2N3O3S. The van der Waals surface area contributed by atoms with Gasteiger partial charge in [0.15, 0.2) is 9.84 Å². The topological polar surface area (TPSA) is 92.5 Å². The van der Waals surface area contributed by atoms with Crippen LogP contribution >= 0.6 is 24.8 Å². The summed E-state index contributed by atoms with van der Waals surface area (Å²) in [4.78, 5) is 14.3. The maximum absolute atomic E-state index is 12.3. The molecule has 2 fully saturated rings. The Kier molecular flexibility index (Phi) is 9.38. The molecule has 0 aromatic carbocycles. The highest BCUT2D eigenvalue weighted by Gasteiger charge is 2.37. The largest absolute Gasteiger partial charge is 0.355 e. The van der Waals surface area contributed by atoms with Crippen LogP contribution in [0.5, 0.6) is 0 Å². The van der Waals surface area contributed by atoms with Crippen LogP contribution < -0.4 is 11.1 Å². The van der Waals surface area contributed by atoms with Crippen LogP contribution in [0.4, 0.5) is 0 Å². The Morgan fingerprint density at radius 3 is 2.43 bits per heavy atom. The Labute approximate surface area is 151 Å². The van der Waals surface area contributed by atoms with Crippen LogP contribution in [-0.4, -0.2) is 62.4 Å². The fourth-order valence-corrected chi connectivity index (χ4v) is 4.50. The van der Waals surface area contributed by atoms with Crippen molar-refractivity contribution in [2.45, 2.75) is 38.1 Å². The number of nitrogens with two attached hydrogens (primary N) is 1. The lowest BCUT2D eigenvalue weighted by Crippen LogP contribution is -2.53. The molecule has 1 aliphatic carbocycles. The lowest BCUT2D eigenvalue weighted by atomic mass is 9.74. The highest BCUT2D eigenvalue weighted by molar-refractivity contribution is 7.91. The molecule has 1 saturated carbocycles. The Morgan fingerprint density at radius 1 is 1.26 bits per heavy atom. The SMILES string of the molecule is CC1(N)CCCCC1C(=O)NCCN1CCS(=O)(=O)CC1.Cl.Cl. The maximum Gasteiger partial charge on any atom is 0.225 e. The van der Waals surface area contributed by atoms with Gasteiger partial charge in [0.25, 0.3) is 0 Å². The fourth-order valence-electron chi connectivity index (χ4n) is 3.22. The van der Waals surface area contributed by atoms with E-state index in [1.165, 1.54) is 0 Å².